The van der Waals surface area contributed by atoms with E-state index >= 15 is 0 Å². The van der Waals surface area contributed by atoms with E-state index in [1.54, 1.807) is 4.90 Å². The molecule has 0 aliphatic carbocycles. The summed E-state index contributed by atoms with van der Waals surface area (Å²) in [4.78, 5) is 15.0. The number of anilines is 1. The molecule has 1 amide bonds. The molecular formula is C23H16ClNO2S2. The van der Waals surface area contributed by atoms with Gasteiger partial charge in [0.05, 0.1) is 10.6 Å². The molecule has 3 aromatic rings. The molecule has 0 spiro atoms. The minimum absolute atomic E-state index is 0.112. The number of para-hydroxylation sites is 1. The number of amides is 1. The molecule has 3 aromatic carbocycles. The van der Waals surface area contributed by atoms with Crippen LogP contribution in [0.15, 0.2) is 83.8 Å². The highest BCUT2D eigenvalue weighted by atomic mass is 35.5. The molecule has 1 aliphatic rings. The SMILES string of the molecule is O=C1C(=Cc2cccc(OCc3ccc(Cl)cc3)c2)SC(=S)N1c1ccccc1. The average molecular weight is 438 g/mol. The first-order valence-corrected chi connectivity index (χ1v) is 10.5. The minimum Gasteiger partial charge on any atom is -0.489 e. The molecule has 0 bridgehead atoms. The number of hydrogen-bond donors (Lipinski definition) is 0. The highest BCUT2D eigenvalue weighted by molar-refractivity contribution is 8.27. The molecule has 4 rings (SSSR count). The molecule has 1 saturated heterocycles. The number of thioether (sulfide) groups is 1. The van der Waals surface area contributed by atoms with E-state index in [1.807, 2.05) is 84.9 Å². The fourth-order valence-electron chi connectivity index (χ4n) is 2.86. The van der Waals surface area contributed by atoms with Crippen LogP contribution in [0.4, 0.5) is 5.69 Å². The Balaban J connectivity index is 1.50. The van der Waals surface area contributed by atoms with E-state index in [4.69, 9.17) is 28.6 Å². The van der Waals surface area contributed by atoms with Crippen molar-refractivity contribution in [2.45, 2.75) is 6.61 Å². The van der Waals surface area contributed by atoms with Crippen LogP contribution in [-0.2, 0) is 11.4 Å². The maximum Gasteiger partial charge on any atom is 0.270 e. The molecular weight excluding hydrogens is 422 g/mol. The van der Waals surface area contributed by atoms with Crippen molar-refractivity contribution < 1.29 is 9.53 Å². The third-order valence-corrected chi connectivity index (χ3v) is 5.84. The fourth-order valence-corrected chi connectivity index (χ4v) is 4.29. The zero-order chi connectivity index (χ0) is 20.2. The van der Waals surface area contributed by atoms with Gasteiger partial charge in [0.25, 0.3) is 5.91 Å². The summed E-state index contributed by atoms with van der Waals surface area (Å²) < 4.78 is 6.41. The van der Waals surface area contributed by atoms with Crippen molar-refractivity contribution in [3.8, 4) is 5.75 Å². The number of benzene rings is 3. The van der Waals surface area contributed by atoms with E-state index in [0.717, 1.165) is 22.6 Å². The van der Waals surface area contributed by atoms with Crippen molar-refractivity contribution in [1.82, 2.24) is 0 Å². The van der Waals surface area contributed by atoms with E-state index in [2.05, 4.69) is 0 Å². The van der Waals surface area contributed by atoms with Crippen LogP contribution >= 0.6 is 35.6 Å². The number of ether oxygens (including phenoxy) is 1. The predicted molar refractivity (Wildman–Crippen MR) is 124 cm³/mol. The Hall–Kier alpha value is -2.60. The van der Waals surface area contributed by atoms with Crippen molar-refractivity contribution in [3.05, 3.63) is 99.9 Å². The average Bonchev–Trinajstić information content (AvgIpc) is 3.01. The molecule has 0 N–H and O–H groups in total. The van der Waals surface area contributed by atoms with Crippen LogP contribution in [-0.4, -0.2) is 10.2 Å². The minimum atomic E-state index is -0.112. The Bertz CT molecular complexity index is 1080. The van der Waals surface area contributed by atoms with Gasteiger partial charge in [-0.15, -0.1) is 0 Å². The van der Waals surface area contributed by atoms with Gasteiger partial charge in [-0.3, -0.25) is 9.69 Å². The van der Waals surface area contributed by atoms with Crippen LogP contribution in [0.2, 0.25) is 5.02 Å². The standard InChI is InChI=1S/C23H16ClNO2S2/c24-18-11-9-16(10-12-18)15-27-20-8-4-5-17(13-20)14-21-22(26)25(23(28)29-21)19-6-2-1-3-7-19/h1-14H,15H2. The number of carbonyl (C=O) groups is 1. The van der Waals surface area contributed by atoms with Crippen LogP contribution in [0.3, 0.4) is 0 Å². The number of halogens is 1. The summed E-state index contributed by atoms with van der Waals surface area (Å²) in [5, 5.41) is 0.698. The second-order valence-electron chi connectivity index (χ2n) is 6.34. The van der Waals surface area contributed by atoms with Crippen LogP contribution in [0.1, 0.15) is 11.1 Å². The molecule has 29 heavy (non-hydrogen) atoms. The Morgan fingerprint density at radius 3 is 2.52 bits per heavy atom. The molecule has 0 radical (unpaired) electrons. The van der Waals surface area contributed by atoms with Gasteiger partial charge >= 0.3 is 0 Å². The monoisotopic (exact) mass is 437 g/mol. The lowest BCUT2D eigenvalue weighted by atomic mass is 10.2. The summed E-state index contributed by atoms with van der Waals surface area (Å²) in [6.07, 6.45) is 1.84. The molecule has 1 fully saturated rings. The summed E-state index contributed by atoms with van der Waals surface area (Å²) in [5.74, 6) is 0.617. The summed E-state index contributed by atoms with van der Waals surface area (Å²) in [5.41, 5.74) is 2.69. The predicted octanol–water partition coefficient (Wildman–Crippen LogP) is 6.32. The molecule has 6 heteroatoms. The van der Waals surface area contributed by atoms with Gasteiger partial charge in [0.1, 0.15) is 12.4 Å². The van der Waals surface area contributed by atoms with Gasteiger partial charge in [0.2, 0.25) is 0 Å². The zero-order valence-corrected chi connectivity index (χ0v) is 17.6. The summed E-state index contributed by atoms with van der Waals surface area (Å²) >= 11 is 12.6. The van der Waals surface area contributed by atoms with Gasteiger partial charge in [0.15, 0.2) is 4.32 Å². The largest absolute Gasteiger partial charge is 0.489 e. The van der Waals surface area contributed by atoms with Crippen molar-refractivity contribution >= 4 is 57.6 Å². The summed E-state index contributed by atoms with van der Waals surface area (Å²) in [7, 11) is 0. The van der Waals surface area contributed by atoms with E-state index in [9.17, 15) is 4.79 Å². The number of rotatable bonds is 5. The van der Waals surface area contributed by atoms with Crippen LogP contribution in [0.5, 0.6) is 5.75 Å². The lowest BCUT2D eigenvalue weighted by Gasteiger charge is -2.13. The highest BCUT2D eigenvalue weighted by Gasteiger charge is 2.33. The van der Waals surface area contributed by atoms with Gasteiger partial charge in [0, 0.05) is 5.02 Å². The number of thiocarbonyl (C=S) groups is 1. The molecule has 1 aliphatic heterocycles. The third kappa shape index (κ3) is 4.70. The van der Waals surface area contributed by atoms with Gasteiger partial charge in [-0.05, 0) is 53.6 Å². The smallest absolute Gasteiger partial charge is 0.270 e. The Kier molecular flexibility index (Phi) is 6.00. The van der Waals surface area contributed by atoms with Gasteiger partial charge in [-0.2, -0.15) is 0 Å². The lowest BCUT2D eigenvalue weighted by molar-refractivity contribution is -0.113. The first-order chi connectivity index (χ1) is 14.1. The Morgan fingerprint density at radius 1 is 1.00 bits per heavy atom. The molecule has 1 heterocycles. The first-order valence-electron chi connectivity index (χ1n) is 8.90. The van der Waals surface area contributed by atoms with Crippen molar-refractivity contribution in [2.24, 2.45) is 0 Å². The fraction of sp³-hybridized carbons (Fsp3) is 0.0435. The van der Waals surface area contributed by atoms with E-state index in [-0.39, 0.29) is 5.91 Å². The second kappa shape index (κ2) is 8.82. The molecule has 0 unspecified atom stereocenters. The van der Waals surface area contributed by atoms with Gasteiger partial charge in [-0.1, -0.05) is 78.0 Å². The Morgan fingerprint density at radius 2 is 1.76 bits per heavy atom. The number of hydrogen-bond acceptors (Lipinski definition) is 4. The molecule has 0 atom stereocenters. The van der Waals surface area contributed by atoms with Crippen LogP contribution < -0.4 is 9.64 Å². The Labute approximate surface area is 183 Å². The van der Waals surface area contributed by atoms with Crippen molar-refractivity contribution in [1.29, 1.82) is 0 Å². The van der Waals surface area contributed by atoms with Gasteiger partial charge < -0.3 is 4.74 Å². The van der Waals surface area contributed by atoms with Crippen LogP contribution in [0.25, 0.3) is 6.08 Å². The first kappa shape index (κ1) is 19.7. The maximum absolute atomic E-state index is 12.9. The van der Waals surface area contributed by atoms with E-state index < -0.39 is 0 Å². The normalized spacial score (nSPS) is 15.2. The van der Waals surface area contributed by atoms with Crippen molar-refractivity contribution in [3.63, 3.8) is 0 Å². The summed E-state index contributed by atoms with van der Waals surface area (Å²) in [6.45, 7) is 0.441. The molecule has 0 aromatic heterocycles. The number of carbonyl (C=O) groups excluding carboxylic acids is 1. The topological polar surface area (TPSA) is 29.5 Å². The lowest BCUT2D eigenvalue weighted by Crippen LogP contribution is -2.27. The quantitative estimate of drug-likeness (QED) is 0.345. The second-order valence-corrected chi connectivity index (χ2v) is 8.45. The molecule has 144 valence electrons. The third-order valence-electron chi connectivity index (χ3n) is 4.28. The van der Waals surface area contributed by atoms with Crippen molar-refractivity contribution in [2.75, 3.05) is 4.90 Å². The zero-order valence-electron chi connectivity index (χ0n) is 15.2. The summed E-state index contributed by atoms with van der Waals surface area (Å²) in [6, 6.07) is 24.6. The maximum atomic E-state index is 12.9. The highest BCUT2D eigenvalue weighted by Crippen LogP contribution is 2.36. The molecule has 0 saturated carbocycles. The van der Waals surface area contributed by atoms with Crippen LogP contribution in [0, 0.1) is 0 Å². The number of nitrogens with zero attached hydrogens (tertiary/aromatic N) is 1. The molecule has 3 nitrogen and oxygen atoms in total. The van der Waals surface area contributed by atoms with E-state index in [1.165, 1.54) is 11.8 Å². The van der Waals surface area contributed by atoms with Gasteiger partial charge in [-0.25, -0.2) is 0 Å². The van der Waals surface area contributed by atoms with E-state index in [0.29, 0.717) is 20.9 Å².